The van der Waals surface area contributed by atoms with Crippen LogP contribution in [0.15, 0.2) is 12.2 Å². The van der Waals surface area contributed by atoms with E-state index in [1.807, 2.05) is 0 Å². The Morgan fingerprint density at radius 2 is 0.918 bits per heavy atom. The van der Waals surface area contributed by atoms with Crippen molar-refractivity contribution in [3.8, 4) is 0 Å². The number of ether oxygens (including phenoxy) is 3. The van der Waals surface area contributed by atoms with E-state index in [0.29, 0.717) is 25.0 Å². The van der Waals surface area contributed by atoms with Crippen LogP contribution in [-0.4, -0.2) is 48.6 Å². The Morgan fingerprint density at radius 1 is 0.531 bits per heavy atom. The maximum absolute atomic E-state index is 12.0. The number of hydrogen-bond donors (Lipinski definition) is 1. The molecule has 3 atom stereocenters. The van der Waals surface area contributed by atoms with E-state index in [1.54, 1.807) is 0 Å². The Labute approximate surface area is 303 Å². The van der Waals surface area contributed by atoms with Crippen molar-refractivity contribution in [1.82, 2.24) is 0 Å². The SMILES string of the molecule is CCCCC/C=C\CC1OC1CCCCCCCC(=O)OC[C@@H](O)COC(=O)CCCCCCCCCCCCCCCCCCCCC. The Kier molecular flexibility index (Phi) is 32.6. The highest BCUT2D eigenvalue weighted by molar-refractivity contribution is 5.69. The summed E-state index contributed by atoms with van der Waals surface area (Å²) in [6.07, 6.45) is 42.9. The zero-order valence-electron chi connectivity index (χ0n) is 32.4. The second-order valence-corrected chi connectivity index (χ2v) is 14.9. The summed E-state index contributed by atoms with van der Waals surface area (Å²) in [7, 11) is 0. The van der Waals surface area contributed by atoms with Gasteiger partial charge in [0, 0.05) is 12.8 Å². The molecular formula is C43H80O6. The average Bonchev–Trinajstić information content (AvgIpc) is 3.86. The van der Waals surface area contributed by atoms with Crippen LogP contribution in [0.25, 0.3) is 0 Å². The van der Waals surface area contributed by atoms with Crippen molar-refractivity contribution < 1.29 is 28.9 Å². The second kappa shape index (κ2) is 35.0. The van der Waals surface area contributed by atoms with Gasteiger partial charge < -0.3 is 19.3 Å². The van der Waals surface area contributed by atoms with E-state index in [2.05, 4.69) is 26.0 Å². The lowest BCUT2D eigenvalue weighted by atomic mass is 10.0. The summed E-state index contributed by atoms with van der Waals surface area (Å²) >= 11 is 0. The van der Waals surface area contributed by atoms with Crippen molar-refractivity contribution in [2.75, 3.05) is 13.2 Å². The van der Waals surface area contributed by atoms with Gasteiger partial charge in [-0.15, -0.1) is 0 Å². The van der Waals surface area contributed by atoms with Crippen LogP contribution in [-0.2, 0) is 23.8 Å². The lowest BCUT2D eigenvalue weighted by molar-refractivity contribution is -0.152. The highest BCUT2D eigenvalue weighted by Crippen LogP contribution is 2.30. The lowest BCUT2D eigenvalue weighted by Crippen LogP contribution is -2.25. The quantitative estimate of drug-likeness (QED) is 0.0300. The van der Waals surface area contributed by atoms with Crippen LogP contribution in [0, 0.1) is 0 Å². The van der Waals surface area contributed by atoms with Gasteiger partial charge in [0.1, 0.15) is 19.3 Å². The number of rotatable bonds is 38. The molecule has 2 unspecified atom stereocenters. The highest BCUT2D eigenvalue weighted by Gasteiger charge is 2.36. The fraction of sp³-hybridized carbons (Fsp3) is 0.907. The molecule has 1 aliphatic heterocycles. The first-order valence-electron chi connectivity index (χ1n) is 21.4. The number of allylic oxidation sites excluding steroid dienone is 1. The molecule has 0 bridgehead atoms. The minimum atomic E-state index is -0.969. The molecule has 6 heteroatoms. The maximum atomic E-state index is 12.0. The number of hydrogen-bond acceptors (Lipinski definition) is 6. The normalized spacial score (nSPS) is 16.3. The highest BCUT2D eigenvalue weighted by atomic mass is 16.6. The first kappa shape index (κ1) is 45.6. The predicted octanol–water partition coefficient (Wildman–Crippen LogP) is 12.3. The van der Waals surface area contributed by atoms with Gasteiger partial charge in [0.15, 0.2) is 0 Å². The summed E-state index contributed by atoms with van der Waals surface area (Å²) in [6, 6.07) is 0. The molecular weight excluding hydrogens is 612 g/mol. The topological polar surface area (TPSA) is 85.4 Å². The molecule has 288 valence electrons. The van der Waals surface area contributed by atoms with Crippen molar-refractivity contribution in [3.63, 3.8) is 0 Å². The number of esters is 2. The third-order valence-corrected chi connectivity index (χ3v) is 9.92. The number of aliphatic hydroxyl groups excluding tert-OH is 1. The Hall–Kier alpha value is -1.40. The van der Waals surface area contributed by atoms with E-state index in [-0.39, 0.29) is 25.2 Å². The van der Waals surface area contributed by atoms with E-state index in [1.165, 1.54) is 135 Å². The molecule has 0 aromatic heterocycles. The van der Waals surface area contributed by atoms with Gasteiger partial charge in [0.05, 0.1) is 12.2 Å². The zero-order chi connectivity index (χ0) is 35.5. The summed E-state index contributed by atoms with van der Waals surface area (Å²) in [5.41, 5.74) is 0. The summed E-state index contributed by atoms with van der Waals surface area (Å²) in [4.78, 5) is 24.0. The summed E-state index contributed by atoms with van der Waals surface area (Å²) < 4.78 is 16.1. The standard InChI is InChI=1S/C43H80O6/c1-3-5-7-9-11-12-13-14-15-16-17-18-19-20-21-22-23-27-31-35-42(45)47-37-39(44)38-48-43(46)36-32-28-24-26-30-34-41-40(49-41)33-29-25-10-8-6-4-2/h25,29,39-41,44H,3-24,26-28,30-38H2,1-2H3/b29-25-/t39-,40?,41?/m0/s1. The fourth-order valence-electron chi connectivity index (χ4n) is 6.56. The van der Waals surface area contributed by atoms with Gasteiger partial charge in [-0.1, -0.05) is 180 Å². The molecule has 1 saturated heterocycles. The predicted molar refractivity (Wildman–Crippen MR) is 205 cm³/mol. The Morgan fingerprint density at radius 3 is 1.37 bits per heavy atom. The first-order valence-corrected chi connectivity index (χ1v) is 21.4. The maximum Gasteiger partial charge on any atom is 0.305 e. The zero-order valence-corrected chi connectivity index (χ0v) is 32.4. The molecule has 1 fully saturated rings. The number of carbonyl (C=O) groups is 2. The van der Waals surface area contributed by atoms with Gasteiger partial charge in [0.2, 0.25) is 0 Å². The van der Waals surface area contributed by atoms with Gasteiger partial charge in [0.25, 0.3) is 0 Å². The van der Waals surface area contributed by atoms with E-state index in [4.69, 9.17) is 14.2 Å². The van der Waals surface area contributed by atoms with Crippen molar-refractivity contribution in [2.45, 2.75) is 238 Å². The molecule has 0 radical (unpaired) electrons. The van der Waals surface area contributed by atoms with Crippen LogP contribution in [0.2, 0.25) is 0 Å². The van der Waals surface area contributed by atoms with Gasteiger partial charge in [-0.3, -0.25) is 9.59 Å². The smallest absolute Gasteiger partial charge is 0.305 e. The Bertz CT molecular complexity index is 767. The first-order chi connectivity index (χ1) is 24.1. The van der Waals surface area contributed by atoms with Crippen molar-refractivity contribution in [1.29, 1.82) is 0 Å². The van der Waals surface area contributed by atoms with Gasteiger partial charge in [-0.2, -0.15) is 0 Å². The Balaban J connectivity index is 1.79. The van der Waals surface area contributed by atoms with Crippen LogP contribution >= 0.6 is 0 Å². The summed E-state index contributed by atoms with van der Waals surface area (Å²) in [6.45, 7) is 4.28. The summed E-state index contributed by atoms with van der Waals surface area (Å²) in [5, 5.41) is 10.0. The van der Waals surface area contributed by atoms with Crippen LogP contribution < -0.4 is 0 Å². The molecule has 6 nitrogen and oxygen atoms in total. The van der Waals surface area contributed by atoms with Gasteiger partial charge >= 0.3 is 11.9 Å². The van der Waals surface area contributed by atoms with Crippen LogP contribution in [0.5, 0.6) is 0 Å². The third-order valence-electron chi connectivity index (χ3n) is 9.92. The van der Waals surface area contributed by atoms with Gasteiger partial charge in [-0.25, -0.2) is 0 Å². The minimum Gasteiger partial charge on any atom is -0.463 e. The molecule has 0 amide bonds. The molecule has 0 spiro atoms. The largest absolute Gasteiger partial charge is 0.463 e. The minimum absolute atomic E-state index is 0.119. The molecule has 1 heterocycles. The molecule has 1 aliphatic rings. The molecule has 0 saturated carbocycles. The molecule has 1 rings (SSSR count). The summed E-state index contributed by atoms with van der Waals surface area (Å²) in [5.74, 6) is -0.577. The van der Waals surface area contributed by atoms with Crippen molar-refractivity contribution >= 4 is 11.9 Å². The average molecular weight is 693 g/mol. The third kappa shape index (κ3) is 32.3. The molecule has 0 aromatic carbocycles. The molecule has 49 heavy (non-hydrogen) atoms. The molecule has 0 aliphatic carbocycles. The monoisotopic (exact) mass is 693 g/mol. The van der Waals surface area contributed by atoms with E-state index >= 15 is 0 Å². The number of aliphatic hydroxyl groups is 1. The fourth-order valence-corrected chi connectivity index (χ4v) is 6.56. The van der Waals surface area contributed by atoms with Gasteiger partial charge in [-0.05, 0) is 38.5 Å². The van der Waals surface area contributed by atoms with E-state index < -0.39 is 6.10 Å². The van der Waals surface area contributed by atoms with E-state index in [9.17, 15) is 14.7 Å². The van der Waals surface area contributed by atoms with E-state index in [0.717, 1.165) is 57.8 Å². The van der Waals surface area contributed by atoms with Crippen molar-refractivity contribution in [3.05, 3.63) is 12.2 Å². The second-order valence-electron chi connectivity index (χ2n) is 14.9. The number of carbonyl (C=O) groups excluding carboxylic acids is 2. The number of epoxide rings is 1. The molecule has 1 N–H and O–H groups in total. The van der Waals surface area contributed by atoms with Crippen molar-refractivity contribution in [2.24, 2.45) is 0 Å². The lowest BCUT2D eigenvalue weighted by Gasteiger charge is -2.12. The number of unbranched alkanes of at least 4 members (excludes halogenated alkanes) is 25. The molecule has 0 aromatic rings. The van der Waals surface area contributed by atoms with Crippen LogP contribution in [0.3, 0.4) is 0 Å². The van der Waals surface area contributed by atoms with Crippen LogP contribution in [0.4, 0.5) is 0 Å². The van der Waals surface area contributed by atoms with Crippen LogP contribution in [0.1, 0.15) is 219 Å².